The van der Waals surface area contributed by atoms with Crippen molar-refractivity contribution in [2.24, 2.45) is 0 Å². The number of morpholine rings is 1. The van der Waals surface area contributed by atoms with E-state index in [0.29, 0.717) is 18.5 Å². The van der Waals surface area contributed by atoms with Crippen molar-refractivity contribution in [1.29, 1.82) is 0 Å². The van der Waals surface area contributed by atoms with Crippen molar-refractivity contribution in [3.05, 3.63) is 36.9 Å². The molecule has 0 unspecified atom stereocenters. The van der Waals surface area contributed by atoms with Gasteiger partial charge in [-0.1, -0.05) is 0 Å². The highest BCUT2D eigenvalue weighted by Gasteiger charge is 2.24. The SMILES string of the molecule is CCOc1cc(NC2CCC(Oc3cc(N4CCOCC4)cc4nccnc34)CC2)ncn1. The molecule has 1 aromatic carbocycles. The largest absolute Gasteiger partial charge is 0.488 e. The zero-order valence-corrected chi connectivity index (χ0v) is 18.9. The Kier molecular flexibility index (Phi) is 6.66. The first kappa shape index (κ1) is 21.6. The first-order valence-electron chi connectivity index (χ1n) is 11.7. The van der Waals surface area contributed by atoms with E-state index in [1.165, 1.54) is 6.33 Å². The van der Waals surface area contributed by atoms with Gasteiger partial charge >= 0.3 is 0 Å². The molecule has 0 bridgehead atoms. The Labute approximate surface area is 193 Å². The van der Waals surface area contributed by atoms with Crippen LogP contribution in [0.5, 0.6) is 11.6 Å². The molecule has 1 aliphatic carbocycles. The van der Waals surface area contributed by atoms with Crippen LogP contribution in [0.2, 0.25) is 0 Å². The van der Waals surface area contributed by atoms with E-state index in [1.54, 1.807) is 12.4 Å². The molecule has 174 valence electrons. The van der Waals surface area contributed by atoms with Gasteiger partial charge in [-0.25, -0.2) is 15.0 Å². The van der Waals surface area contributed by atoms with E-state index in [4.69, 9.17) is 14.2 Å². The number of nitrogens with zero attached hydrogens (tertiary/aromatic N) is 5. The maximum Gasteiger partial charge on any atom is 0.218 e. The molecular formula is C24H30N6O3. The predicted octanol–water partition coefficient (Wildman–Crippen LogP) is 3.46. The van der Waals surface area contributed by atoms with Gasteiger partial charge in [0.1, 0.15) is 23.4 Å². The molecule has 3 aromatic rings. The smallest absolute Gasteiger partial charge is 0.218 e. The highest BCUT2D eigenvalue weighted by Crippen LogP contribution is 2.33. The fraction of sp³-hybridized carbons (Fsp3) is 0.500. The van der Waals surface area contributed by atoms with E-state index in [2.05, 4.69) is 42.3 Å². The second-order valence-electron chi connectivity index (χ2n) is 8.38. The van der Waals surface area contributed by atoms with Crippen LogP contribution in [0.15, 0.2) is 36.9 Å². The lowest BCUT2D eigenvalue weighted by molar-refractivity contribution is 0.122. The number of ether oxygens (including phenoxy) is 3. The van der Waals surface area contributed by atoms with Crippen LogP contribution in [0.3, 0.4) is 0 Å². The summed E-state index contributed by atoms with van der Waals surface area (Å²) in [6.45, 7) is 5.76. The number of fused-ring (bicyclic) bond motifs is 1. The van der Waals surface area contributed by atoms with Crippen LogP contribution < -0.4 is 19.7 Å². The lowest BCUT2D eigenvalue weighted by Crippen LogP contribution is -2.36. The van der Waals surface area contributed by atoms with Crippen LogP contribution in [-0.4, -0.2) is 65.0 Å². The number of aromatic nitrogens is 4. The zero-order chi connectivity index (χ0) is 22.5. The van der Waals surface area contributed by atoms with E-state index >= 15 is 0 Å². The van der Waals surface area contributed by atoms with Gasteiger partial charge in [-0.05, 0) is 38.7 Å². The summed E-state index contributed by atoms with van der Waals surface area (Å²) >= 11 is 0. The molecule has 3 heterocycles. The van der Waals surface area contributed by atoms with E-state index in [1.807, 2.05) is 13.0 Å². The minimum absolute atomic E-state index is 0.151. The minimum atomic E-state index is 0.151. The van der Waals surface area contributed by atoms with Crippen molar-refractivity contribution in [2.75, 3.05) is 43.1 Å². The summed E-state index contributed by atoms with van der Waals surface area (Å²) in [4.78, 5) is 19.9. The van der Waals surface area contributed by atoms with Crippen LogP contribution in [0, 0.1) is 0 Å². The quantitative estimate of drug-likeness (QED) is 0.581. The van der Waals surface area contributed by atoms with Gasteiger partial charge in [-0.15, -0.1) is 0 Å². The zero-order valence-electron chi connectivity index (χ0n) is 18.9. The third-order valence-electron chi connectivity index (χ3n) is 6.15. The lowest BCUT2D eigenvalue weighted by Gasteiger charge is -2.31. The van der Waals surface area contributed by atoms with Crippen molar-refractivity contribution >= 4 is 22.5 Å². The summed E-state index contributed by atoms with van der Waals surface area (Å²) in [5.41, 5.74) is 2.80. The van der Waals surface area contributed by atoms with E-state index in [9.17, 15) is 0 Å². The van der Waals surface area contributed by atoms with Gasteiger partial charge in [0, 0.05) is 49.3 Å². The highest BCUT2D eigenvalue weighted by molar-refractivity contribution is 5.85. The molecule has 2 fully saturated rings. The van der Waals surface area contributed by atoms with Crippen LogP contribution in [-0.2, 0) is 4.74 Å². The summed E-state index contributed by atoms with van der Waals surface area (Å²) in [7, 11) is 0. The molecule has 0 amide bonds. The second kappa shape index (κ2) is 10.2. The van der Waals surface area contributed by atoms with Gasteiger partial charge in [0.2, 0.25) is 5.88 Å². The van der Waals surface area contributed by atoms with Crippen LogP contribution >= 0.6 is 0 Å². The van der Waals surface area contributed by atoms with Crippen molar-refractivity contribution in [2.45, 2.75) is 44.8 Å². The molecule has 1 saturated carbocycles. The number of anilines is 2. The third kappa shape index (κ3) is 5.24. The molecule has 0 atom stereocenters. The first-order valence-corrected chi connectivity index (χ1v) is 11.7. The topological polar surface area (TPSA) is 94.5 Å². The third-order valence-corrected chi connectivity index (χ3v) is 6.15. The Bertz CT molecular complexity index is 1070. The molecule has 0 radical (unpaired) electrons. The highest BCUT2D eigenvalue weighted by atomic mass is 16.5. The van der Waals surface area contributed by atoms with Gasteiger partial charge in [0.15, 0.2) is 0 Å². The molecule has 33 heavy (non-hydrogen) atoms. The maximum absolute atomic E-state index is 6.52. The van der Waals surface area contributed by atoms with E-state index in [-0.39, 0.29) is 6.10 Å². The number of hydrogen-bond acceptors (Lipinski definition) is 9. The fourth-order valence-electron chi connectivity index (χ4n) is 4.48. The summed E-state index contributed by atoms with van der Waals surface area (Å²) in [6.07, 6.45) is 9.08. The molecule has 2 aliphatic rings. The summed E-state index contributed by atoms with van der Waals surface area (Å²) < 4.78 is 17.5. The monoisotopic (exact) mass is 450 g/mol. The molecule has 2 aromatic heterocycles. The van der Waals surface area contributed by atoms with Crippen molar-refractivity contribution in [3.8, 4) is 11.6 Å². The molecule has 1 saturated heterocycles. The first-order chi connectivity index (χ1) is 16.3. The lowest BCUT2D eigenvalue weighted by atomic mass is 9.93. The minimum Gasteiger partial charge on any atom is -0.488 e. The van der Waals surface area contributed by atoms with Crippen molar-refractivity contribution < 1.29 is 14.2 Å². The van der Waals surface area contributed by atoms with Crippen molar-refractivity contribution in [1.82, 2.24) is 19.9 Å². The van der Waals surface area contributed by atoms with E-state index < -0.39 is 0 Å². The fourth-order valence-corrected chi connectivity index (χ4v) is 4.48. The Morgan fingerprint density at radius 2 is 1.82 bits per heavy atom. The van der Waals surface area contributed by atoms with Crippen molar-refractivity contribution in [3.63, 3.8) is 0 Å². The van der Waals surface area contributed by atoms with Crippen LogP contribution in [0.25, 0.3) is 11.0 Å². The number of rotatable bonds is 7. The molecule has 5 rings (SSSR count). The Balaban J connectivity index is 1.25. The molecule has 0 spiro atoms. The van der Waals surface area contributed by atoms with Gasteiger partial charge in [0.25, 0.3) is 0 Å². The predicted molar refractivity (Wildman–Crippen MR) is 126 cm³/mol. The summed E-state index contributed by atoms with van der Waals surface area (Å²) in [6, 6.07) is 6.42. The number of hydrogen-bond donors (Lipinski definition) is 1. The summed E-state index contributed by atoms with van der Waals surface area (Å²) in [5, 5.41) is 3.52. The Morgan fingerprint density at radius 1 is 1.00 bits per heavy atom. The molecule has 9 heteroatoms. The van der Waals surface area contributed by atoms with E-state index in [0.717, 1.165) is 80.3 Å². The molecule has 1 N–H and O–H groups in total. The molecular weight excluding hydrogens is 420 g/mol. The average Bonchev–Trinajstić information content (AvgIpc) is 2.86. The molecule has 9 nitrogen and oxygen atoms in total. The molecule has 1 aliphatic heterocycles. The van der Waals surface area contributed by atoms with Gasteiger partial charge in [-0.2, -0.15) is 0 Å². The van der Waals surface area contributed by atoms with Gasteiger partial charge in [-0.3, -0.25) is 4.98 Å². The number of nitrogens with one attached hydrogen (secondary N) is 1. The standard InChI is InChI=1S/C24H30N6O3/c1-2-32-23-15-22(27-16-28-23)29-17-3-5-19(6-4-17)33-21-14-18(30-9-11-31-12-10-30)13-20-24(21)26-8-7-25-20/h7-8,13-17,19H,2-6,9-12H2,1H3,(H,27,28,29). The Morgan fingerprint density at radius 3 is 2.64 bits per heavy atom. The normalized spacial score (nSPS) is 21.1. The summed E-state index contributed by atoms with van der Waals surface area (Å²) in [5.74, 6) is 2.22. The average molecular weight is 451 g/mol. The van der Waals surface area contributed by atoms with Gasteiger partial charge in [0.05, 0.1) is 31.4 Å². The second-order valence-corrected chi connectivity index (χ2v) is 8.38. The van der Waals surface area contributed by atoms with Crippen LogP contribution in [0.4, 0.5) is 11.5 Å². The maximum atomic E-state index is 6.52. The van der Waals surface area contributed by atoms with Crippen LogP contribution in [0.1, 0.15) is 32.6 Å². The number of benzene rings is 1. The van der Waals surface area contributed by atoms with Gasteiger partial charge < -0.3 is 24.4 Å². The Hall–Kier alpha value is -3.20.